The molecule has 0 aromatic heterocycles. The molecule has 1 aromatic rings. The van der Waals surface area contributed by atoms with Gasteiger partial charge in [0.2, 0.25) is 5.91 Å². The highest BCUT2D eigenvalue weighted by molar-refractivity contribution is 5.85. The SMILES string of the molecule is COc1cc(OC)cc(N2CCC(NC(=O)C(C)C(C)N)C2)c1.Cl.Cl. The quantitative estimate of drug-likeness (QED) is 0.774. The van der Waals surface area contributed by atoms with Crippen molar-refractivity contribution < 1.29 is 14.3 Å². The summed E-state index contributed by atoms with van der Waals surface area (Å²) in [5, 5.41) is 3.09. The molecular formula is C17H29Cl2N3O3. The molecule has 6 nitrogen and oxygen atoms in total. The Kier molecular flexibility index (Phi) is 10.0. The third-order valence-corrected chi connectivity index (χ3v) is 4.44. The number of hydrogen-bond donors (Lipinski definition) is 2. The maximum atomic E-state index is 12.1. The second kappa shape index (κ2) is 10.6. The molecule has 3 N–H and O–H groups in total. The highest BCUT2D eigenvalue weighted by Crippen LogP contribution is 2.30. The fourth-order valence-corrected chi connectivity index (χ4v) is 2.66. The van der Waals surface area contributed by atoms with E-state index in [-0.39, 0.29) is 48.7 Å². The van der Waals surface area contributed by atoms with E-state index in [1.54, 1.807) is 14.2 Å². The number of rotatable bonds is 6. The number of hydrogen-bond acceptors (Lipinski definition) is 5. The molecule has 1 fully saturated rings. The molecule has 25 heavy (non-hydrogen) atoms. The molecule has 0 spiro atoms. The van der Waals surface area contributed by atoms with Gasteiger partial charge in [-0.05, 0) is 13.3 Å². The highest BCUT2D eigenvalue weighted by atomic mass is 35.5. The van der Waals surface area contributed by atoms with Gasteiger partial charge in [0.05, 0.1) is 14.2 Å². The van der Waals surface area contributed by atoms with Crippen molar-refractivity contribution in [2.24, 2.45) is 11.7 Å². The molecule has 0 bridgehead atoms. The van der Waals surface area contributed by atoms with Crippen LogP contribution >= 0.6 is 24.8 Å². The molecule has 1 saturated heterocycles. The number of nitrogens with two attached hydrogens (primary N) is 1. The van der Waals surface area contributed by atoms with Crippen LogP contribution in [0.3, 0.4) is 0 Å². The predicted octanol–water partition coefficient (Wildman–Crippen LogP) is 2.23. The van der Waals surface area contributed by atoms with Crippen molar-refractivity contribution in [3.63, 3.8) is 0 Å². The number of anilines is 1. The van der Waals surface area contributed by atoms with Gasteiger partial charge in [-0.15, -0.1) is 24.8 Å². The summed E-state index contributed by atoms with van der Waals surface area (Å²) in [7, 11) is 3.28. The molecule has 0 saturated carbocycles. The van der Waals surface area contributed by atoms with Crippen LogP contribution < -0.4 is 25.4 Å². The molecule has 0 aliphatic carbocycles. The van der Waals surface area contributed by atoms with E-state index >= 15 is 0 Å². The average Bonchev–Trinajstić information content (AvgIpc) is 3.01. The molecule has 1 heterocycles. The van der Waals surface area contributed by atoms with Gasteiger partial charge >= 0.3 is 0 Å². The first-order valence-corrected chi connectivity index (χ1v) is 7.98. The molecular weight excluding hydrogens is 365 g/mol. The van der Waals surface area contributed by atoms with E-state index in [9.17, 15) is 4.79 Å². The van der Waals surface area contributed by atoms with E-state index in [2.05, 4.69) is 10.2 Å². The Hall–Kier alpha value is -1.37. The topological polar surface area (TPSA) is 76.8 Å². The Balaban J connectivity index is 0.00000288. The third kappa shape index (κ3) is 6.13. The van der Waals surface area contributed by atoms with E-state index in [4.69, 9.17) is 15.2 Å². The molecule has 1 aliphatic rings. The maximum absolute atomic E-state index is 12.1. The lowest BCUT2D eigenvalue weighted by Gasteiger charge is -2.22. The van der Waals surface area contributed by atoms with Crippen molar-refractivity contribution >= 4 is 36.4 Å². The molecule has 8 heteroatoms. The van der Waals surface area contributed by atoms with Crippen molar-refractivity contribution in [2.75, 3.05) is 32.2 Å². The summed E-state index contributed by atoms with van der Waals surface area (Å²) >= 11 is 0. The number of amides is 1. The summed E-state index contributed by atoms with van der Waals surface area (Å²) in [6.07, 6.45) is 0.914. The van der Waals surface area contributed by atoms with E-state index in [0.29, 0.717) is 0 Å². The number of ether oxygens (including phenoxy) is 2. The Morgan fingerprint density at radius 3 is 2.24 bits per heavy atom. The van der Waals surface area contributed by atoms with E-state index in [1.165, 1.54) is 0 Å². The zero-order valence-electron chi connectivity index (χ0n) is 15.2. The zero-order valence-corrected chi connectivity index (χ0v) is 16.8. The monoisotopic (exact) mass is 393 g/mol. The van der Waals surface area contributed by atoms with Crippen LogP contribution in [0.2, 0.25) is 0 Å². The van der Waals surface area contributed by atoms with Gasteiger partial charge < -0.3 is 25.4 Å². The standard InChI is InChI=1S/C17H27N3O3.2ClH/c1-11(12(2)18)17(21)19-13-5-6-20(10-13)14-7-15(22-3)9-16(8-14)23-4;;/h7-9,11-13H,5-6,10,18H2,1-4H3,(H,19,21);2*1H. The number of carbonyl (C=O) groups excluding carboxylic acids is 1. The summed E-state index contributed by atoms with van der Waals surface area (Å²) in [6, 6.07) is 5.81. The molecule has 1 amide bonds. The fourth-order valence-electron chi connectivity index (χ4n) is 2.66. The molecule has 144 valence electrons. The van der Waals surface area contributed by atoms with Crippen LogP contribution in [0.1, 0.15) is 20.3 Å². The first-order chi connectivity index (χ1) is 10.9. The minimum atomic E-state index is -0.180. The summed E-state index contributed by atoms with van der Waals surface area (Å²) in [6.45, 7) is 5.37. The lowest BCUT2D eigenvalue weighted by molar-refractivity contribution is -0.125. The van der Waals surface area contributed by atoms with Crippen molar-refractivity contribution in [3.8, 4) is 11.5 Å². The van der Waals surface area contributed by atoms with Crippen LogP contribution in [-0.4, -0.2) is 45.3 Å². The first-order valence-electron chi connectivity index (χ1n) is 7.98. The molecule has 2 rings (SSSR count). The number of benzene rings is 1. The lowest BCUT2D eigenvalue weighted by atomic mass is 10.0. The third-order valence-electron chi connectivity index (χ3n) is 4.44. The van der Waals surface area contributed by atoms with Crippen molar-refractivity contribution in [3.05, 3.63) is 18.2 Å². The highest BCUT2D eigenvalue weighted by Gasteiger charge is 2.27. The molecule has 0 radical (unpaired) electrons. The van der Waals surface area contributed by atoms with Gasteiger partial charge in [-0.3, -0.25) is 4.79 Å². The van der Waals surface area contributed by atoms with Crippen molar-refractivity contribution in [1.29, 1.82) is 0 Å². The molecule has 1 aromatic carbocycles. The smallest absolute Gasteiger partial charge is 0.224 e. The van der Waals surface area contributed by atoms with Crippen LogP contribution in [0.5, 0.6) is 11.5 Å². The van der Waals surface area contributed by atoms with E-state index in [1.807, 2.05) is 32.0 Å². The van der Waals surface area contributed by atoms with Gasteiger partial charge in [0, 0.05) is 55.0 Å². The second-order valence-corrected chi connectivity index (χ2v) is 6.16. The number of carbonyl (C=O) groups is 1. The van der Waals surface area contributed by atoms with Crippen molar-refractivity contribution in [2.45, 2.75) is 32.4 Å². The Morgan fingerprint density at radius 1 is 1.20 bits per heavy atom. The van der Waals surface area contributed by atoms with Gasteiger partial charge in [0.15, 0.2) is 0 Å². The van der Waals surface area contributed by atoms with E-state index < -0.39 is 0 Å². The Labute approximate surface area is 162 Å². The second-order valence-electron chi connectivity index (χ2n) is 6.16. The molecule has 3 unspecified atom stereocenters. The minimum Gasteiger partial charge on any atom is -0.497 e. The summed E-state index contributed by atoms with van der Waals surface area (Å²) in [5.41, 5.74) is 6.83. The van der Waals surface area contributed by atoms with Crippen LogP contribution in [-0.2, 0) is 4.79 Å². The van der Waals surface area contributed by atoms with Crippen LogP contribution in [0, 0.1) is 5.92 Å². The van der Waals surface area contributed by atoms with Gasteiger partial charge in [-0.2, -0.15) is 0 Å². The normalized spacial score (nSPS) is 18.4. The van der Waals surface area contributed by atoms with Crippen molar-refractivity contribution in [1.82, 2.24) is 5.32 Å². The van der Waals surface area contributed by atoms with E-state index in [0.717, 1.165) is 36.7 Å². The summed E-state index contributed by atoms with van der Waals surface area (Å²) < 4.78 is 10.6. The maximum Gasteiger partial charge on any atom is 0.224 e. The summed E-state index contributed by atoms with van der Waals surface area (Å²) in [5.74, 6) is 1.37. The fraction of sp³-hybridized carbons (Fsp3) is 0.588. The lowest BCUT2D eigenvalue weighted by Crippen LogP contribution is -2.44. The van der Waals surface area contributed by atoms with Gasteiger partial charge in [-0.1, -0.05) is 6.92 Å². The van der Waals surface area contributed by atoms with Gasteiger partial charge in [-0.25, -0.2) is 0 Å². The van der Waals surface area contributed by atoms with Crippen LogP contribution in [0.15, 0.2) is 18.2 Å². The molecule has 3 atom stereocenters. The number of nitrogens with one attached hydrogen (secondary N) is 1. The zero-order chi connectivity index (χ0) is 17.0. The Bertz CT molecular complexity index is 536. The molecule has 1 aliphatic heterocycles. The first kappa shape index (κ1) is 23.6. The predicted molar refractivity (Wildman–Crippen MR) is 106 cm³/mol. The van der Waals surface area contributed by atoms with Crippen LogP contribution in [0.4, 0.5) is 5.69 Å². The number of nitrogens with zero attached hydrogens (tertiary/aromatic N) is 1. The summed E-state index contributed by atoms with van der Waals surface area (Å²) in [4.78, 5) is 14.4. The number of methoxy groups -OCH3 is 2. The Morgan fingerprint density at radius 2 is 1.76 bits per heavy atom. The number of halogens is 2. The van der Waals surface area contributed by atoms with Crippen LogP contribution in [0.25, 0.3) is 0 Å². The van der Waals surface area contributed by atoms with Gasteiger partial charge in [0.1, 0.15) is 11.5 Å². The largest absolute Gasteiger partial charge is 0.497 e. The van der Waals surface area contributed by atoms with Gasteiger partial charge in [0.25, 0.3) is 0 Å². The average molecular weight is 394 g/mol. The minimum absolute atomic E-state index is 0.